The highest BCUT2D eigenvalue weighted by molar-refractivity contribution is 5.76. The molecule has 0 heterocycles. The smallest absolute Gasteiger partial charge is 0.305 e. The lowest BCUT2D eigenvalue weighted by Gasteiger charge is -2.20. The van der Waals surface area contributed by atoms with Crippen LogP contribution in [0.25, 0.3) is 0 Å². The van der Waals surface area contributed by atoms with E-state index in [1.165, 1.54) is 283 Å². The van der Waals surface area contributed by atoms with Gasteiger partial charge in [0.2, 0.25) is 5.91 Å². The molecule has 3 N–H and O–H groups in total. The molecule has 0 radical (unpaired) electrons. The Kier molecular flexibility index (Phi) is 66.0. The summed E-state index contributed by atoms with van der Waals surface area (Å²) in [6.45, 7) is 4.89. The summed E-state index contributed by atoms with van der Waals surface area (Å²) < 4.78 is 5.49. The SMILES string of the molecule is CCCCC/C=C\C/C=C\CCCCCCCCCC(=O)OCCCCCCCCCCC/C=C\C/C=C\CCCCCCCCCCCC(=O)NC(CO)C(O)/C=C/CCCCCCCCCCCCCCCCCCCC. The van der Waals surface area contributed by atoms with Crippen LogP contribution in [-0.2, 0) is 14.3 Å². The van der Waals surface area contributed by atoms with Gasteiger partial charge in [-0.3, -0.25) is 9.59 Å². The van der Waals surface area contributed by atoms with Crippen molar-refractivity contribution in [3.05, 3.63) is 60.8 Å². The number of carbonyl (C=O) groups is 2. The topological polar surface area (TPSA) is 95.9 Å². The molecule has 0 aliphatic heterocycles. The summed E-state index contributed by atoms with van der Waals surface area (Å²) in [7, 11) is 0. The van der Waals surface area contributed by atoms with Gasteiger partial charge in [-0.15, -0.1) is 0 Å². The maximum atomic E-state index is 12.5. The molecular weight excluding hydrogens is 971 g/mol. The summed E-state index contributed by atoms with van der Waals surface area (Å²) in [4.78, 5) is 24.6. The van der Waals surface area contributed by atoms with Crippen molar-refractivity contribution in [3.8, 4) is 0 Å². The minimum Gasteiger partial charge on any atom is -0.466 e. The first kappa shape index (κ1) is 76.6. The van der Waals surface area contributed by atoms with Gasteiger partial charge in [-0.05, 0) is 96.3 Å². The van der Waals surface area contributed by atoms with Crippen molar-refractivity contribution in [1.29, 1.82) is 0 Å². The number of hydrogen-bond acceptors (Lipinski definition) is 5. The van der Waals surface area contributed by atoms with Crippen molar-refractivity contribution >= 4 is 11.9 Å². The Labute approximate surface area is 492 Å². The molecule has 6 heteroatoms. The van der Waals surface area contributed by atoms with Crippen LogP contribution in [0, 0.1) is 0 Å². The Morgan fingerprint density at radius 1 is 0.354 bits per heavy atom. The molecular formula is C73H135NO5. The number of aliphatic hydroxyl groups is 2. The zero-order valence-electron chi connectivity index (χ0n) is 52.9. The molecule has 0 aliphatic rings. The molecule has 0 fully saturated rings. The van der Waals surface area contributed by atoms with Crippen molar-refractivity contribution < 1.29 is 24.5 Å². The van der Waals surface area contributed by atoms with Crippen molar-refractivity contribution in [1.82, 2.24) is 5.32 Å². The van der Waals surface area contributed by atoms with E-state index >= 15 is 0 Å². The molecule has 462 valence electrons. The fourth-order valence-corrected chi connectivity index (χ4v) is 10.6. The molecule has 0 aromatic rings. The molecule has 0 saturated heterocycles. The Morgan fingerprint density at radius 2 is 0.633 bits per heavy atom. The molecule has 0 saturated carbocycles. The highest BCUT2D eigenvalue weighted by atomic mass is 16.5. The second kappa shape index (κ2) is 68.1. The van der Waals surface area contributed by atoms with Crippen LogP contribution >= 0.6 is 0 Å². The number of unbranched alkanes of at least 4 members (excludes halogenated alkanes) is 46. The lowest BCUT2D eigenvalue weighted by molar-refractivity contribution is -0.143. The predicted molar refractivity (Wildman–Crippen MR) is 347 cm³/mol. The zero-order valence-corrected chi connectivity index (χ0v) is 52.9. The Morgan fingerprint density at radius 3 is 0.987 bits per heavy atom. The summed E-state index contributed by atoms with van der Waals surface area (Å²) in [5.74, 6) is -0.0712. The number of carbonyl (C=O) groups excluding carboxylic acids is 2. The Bertz CT molecular complexity index is 1370. The van der Waals surface area contributed by atoms with E-state index in [4.69, 9.17) is 4.74 Å². The Hall–Kier alpha value is -2.44. The molecule has 79 heavy (non-hydrogen) atoms. The fraction of sp³-hybridized carbons (Fsp3) is 0.836. The number of allylic oxidation sites excluding steroid dienone is 9. The maximum Gasteiger partial charge on any atom is 0.305 e. The van der Waals surface area contributed by atoms with E-state index in [0.717, 1.165) is 57.8 Å². The van der Waals surface area contributed by atoms with E-state index in [2.05, 4.69) is 67.8 Å². The number of nitrogens with one attached hydrogen (secondary N) is 1. The van der Waals surface area contributed by atoms with Gasteiger partial charge in [-0.25, -0.2) is 0 Å². The van der Waals surface area contributed by atoms with Crippen molar-refractivity contribution in [2.75, 3.05) is 13.2 Å². The largest absolute Gasteiger partial charge is 0.466 e. The lowest BCUT2D eigenvalue weighted by atomic mass is 10.0. The average molecular weight is 1110 g/mol. The third kappa shape index (κ3) is 64.6. The normalized spacial score (nSPS) is 12.9. The molecule has 0 spiro atoms. The minimum absolute atomic E-state index is 0.000696. The average Bonchev–Trinajstić information content (AvgIpc) is 3.45. The molecule has 0 bridgehead atoms. The first-order valence-electron chi connectivity index (χ1n) is 35.1. The van der Waals surface area contributed by atoms with Crippen molar-refractivity contribution in [2.45, 2.75) is 379 Å². The number of aliphatic hydroxyl groups excluding tert-OH is 2. The molecule has 1 amide bonds. The third-order valence-corrected chi connectivity index (χ3v) is 16.0. The molecule has 0 aromatic carbocycles. The second-order valence-electron chi connectivity index (χ2n) is 23.9. The van der Waals surface area contributed by atoms with Crippen LogP contribution in [0.5, 0.6) is 0 Å². The first-order chi connectivity index (χ1) is 39.0. The predicted octanol–water partition coefficient (Wildman–Crippen LogP) is 22.6. The highest BCUT2D eigenvalue weighted by Crippen LogP contribution is 2.17. The molecule has 6 nitrogen and oxygen atoms in total. The number of hydrogen-bond donors (Lipinski definition) is 3. The van der Waals surface area contributed by atoms with Gasteiger partial charge in [-0.2, -0.15) is 0 Å². The van der Waals surface area contributed by atoms with Gasteiger partial charge in [-0.1, -0.05) is 319 Å². The van der Waals surface area contributed by atoms with E-state index in [1.807, 2.05) is 6.08 Å². The summed E-state index contributed by atoms with van der Waals surface area (Å²) >= 11 is 0. The molecule has 0 aliphatic carbocycles. The van der Waals surface area contributed by atoms with Gasteiger partial charge in [0, 0.05) is 12.8 Å². The van der Waals surface area contributed by atoms with E-state index in [0.29, 0.717) is 19.4 Å². The summed E-state index contributed by atoms with van der Waals surface area (Å²) in [6.07, 6.45) is 90.0. The van der Waals surface area contributed by atoms with Crippen LogP contribution in [0.4, 0.5) is 0 Å². The Balaban J connectivity index is 3.46. The molecule has 0 rings (SSSR count). The van der Waals surface area contributed by atoms with Crippen LogP contribution < -0.4 is 5.32 Å². The van der Waals surface area contributed by atoms with Gasteiger partial charge < -0.3 is 20.3 Å². The molecule has 2 unspecified atom stereocenters. The summed E-state index contributed by atoms with van der Waals surface area (Å²) in [6, 6.07) is -0.635. The van der Waals surface area contributed by atoms with E-state index in [-0.39, 0.29) is 18.5 Å². The monoisotopic (exact) mass is 1110 g/mol. The van der Waals surface area contributed by atoms with E-state index in [9.17, 15) is 19.8 Å². The first-order valence-corrected chi connectivity index (χ1v) is 35.1. The van der Waals surface area contributed by atoms with Crippen LogP contribution in [0.15, 0.2) is 60.8 Å². The quantitative estimate of drug-likeness (QED) is 0.0320. The van der Waals surface area contributed by atoms with E-state index < -0.39 is 12.1 Å². The van der Waals surface area contributed by atoms with Gasteiger partial charge >= 0.3 is 5.97 Å². The number of rotatable bonds is 65. The third-order valence-electron chi connectivity index (χ3n) is 16.0. The molecule has 2 atom stereocenters. The van der Waals surface area contributed by atoms with E-state index in [1.54, 1.807) is 6.08 Å². The van der Waals surface area contributed by atoms with Crippen LogP contribution in [0.3, 0.4) is 0 Å². The second-order valence-corrected chi connectivity index (χ2v) is 23.9. The highest BCUT2D eigenvalue weighted by Gasteiger charge is 2.18. The standard InChI is InChI=1S/C73H135NO5/c1-3-5-7-9-11-13-15-17-19-21-22-30-34-37-41-45-49-53-57-61-65-71(76)70(69-75)74-72(77)66-62-58-54-50-46-42-38-35-31-28-26-24-23-25-27-29-32-36-40-44-48-52-56-60-64-68-79-73(78)67-63-59-55-51-47-43-39-33-20-18-16-14-12-10-8-6-4-2/h12,14,18,20,24-27,61,65,70-71,75-76H,3-11,13,15-17,19,21-23,28-60,62-64,66-69H2,1-2H3,(H,74,77)/b14-12-,20-18-,26-24-,27-25-,65-61+. The van der Waals surface area contributed by atoms with Gasteiger partial charge in [0.1, 0.15) is 0 Å². The van der Waals surface area contributed by atoms with Crippen molar-refractivity contribution in [3.63, 3.8) is 0 Å². The van der Waals surface area contributed by atoms with Gasteiger partial charge in [0.15, 0.2) is 0 Å². The fourth-order valence-electron chi connectivity index (χ4n) is 10.6. The molecule has 0 aromatic heterocycles. The van der Waals surface area contributed by atoms with Crippen LogP contribution in [0.2, 0.25) is 0 Å². The van der Waals surface area contributed by atoms with Gasteiger partial charge in [0.25, 0.3) is 0 Å². The minimum atomic E-state index is -0.851. The van der Waals surface area contributed by atoms with Gasteiger partial charge in [0.05, 0.1) is 25.4 Å². The number of ether oxygens (including phenoxy) is 1. The maximum absolute atomic E-state index is 12.5. The van der Waals surface area contributed by atoms with Crippen LogP contribution in [-0.4, -0.2) is 47.4 Å². The zero-order chi connectivity index (χ0) is 57.1. The number of amides is 1. The summed E-state index contributed by atoms with van der Waals surface area (Å²) in [5.41, 5.74) is 0. The number of esters is 1. The van der Waals surface area contributed by atoms with Crippen LogP contribution in [0.1, 0.15) is 367 Å². The summed E-state index contributed by atoms with van der Waals surface area (Å²) in [5, 5.41) is 23.2. The lowest BCUT2D eigenvalue weighted by Crippen LogP contribution is -2.45. The van der Waals surface area contributed by atoms with Crippen molar-refractivity contribution in [2.24, 2.45) is 0 Å².